The molecular weight excluding hydrogens is 416 g/mol. The Bertz CT molecular complexity index is 1330. The number of anilines is 1. The quantitative estimate of drug-likeness (QED) is 0.413. The van der Waals surface area contributed by atoms with Gasteiger partial charge in [0.2, 0.25) is 0 Å². The van der Waals surface area contributed by atoms with E-state index in [1.54, 1.807) is 31.0 Å². The van der Waals surface area contributed by atoms with Gasteiger partial charge in [0.05, 0.1) is 20.8 Å². The minimum absolute atomic E-state index is 0.167. The van der Waals surface area contributed by atoms with Crippen LogP contribution in [0, 0.1) is 6.92 Å². The van der Waals surface area contributed by atoms with Crippen LogP contribution in [0.4, 0.5) is 5.82 Å². The molecule has 0 aliphatic carbocycles. The number of nitrogens with zero attached hydrogens (tertiary/aromatic N) is 3. The minimum Gasteiger partial charge on any atom is -0.497 e. The van der Waals surface area contributed by atoms with Crippen molar-refractivity contribution in [3.63, 3.8) is 0 Å². The van der Waals surface area contributed by atoms with E-state index in [1.807, 2.05) is 67.6 Å². The van der Waals surface area contributed by atoms with Gasteiger partial charge in [-0.05, 0) is 53.9 Å². The SMILES string of the molecule is COc1ccc(CN=Cc2c(NCc3ccc(OC)cc3)nc3c(C)cccn3c2=O)cc1. The summed E-state index contributed by atoms with van der Waals surface area (Å²) >= 11 is 0. The van der Waals surface area contributed by atoms with Gasteiger partial charge in [-0.1, -0.05) is 30.3 Å². The van der Waals surface area contributed by atoms with Crippen LogP contribution in [-0.4, -0.2) is 29.8 Å². The van der Waals surface area contributed by atoms with Gasteiger partial charge in [0, 0.05) is 19.0 Å². The number of aromatic nitrogens is 2. The number of hydrogen-bond donors (Lipinski definition) is 1. The summed E-state index contributed by atoms with van der Waals surface area (Å²) in [5.74, 6) is 2.09. The summed E-state index contributed by atoms with van der Waals surface area (Å²) in [5.41, 5.74) is 3.85. The van der Waals surface area contributed by atoms with Crippen molar-refractivity contribution in [3.05, 3.63) is 99.5 Å². The summed E-state index contributed by atoms with van der Waals surface area (Å²) in [6, 6.07) is 19.2. The van der Waals surface area contributed by atoms with Gasteiger partial charge < -0.3 is 14.8 Å². The number of fused-ring (bicyclic) bond motifs is 1. The standard InChI is InChI=1S/C26H26N4O3/c1-18-5-4-14-30-25(18)29-24(28-16-20-8-12-22(33-3)13-9-20)23(26(30)31)17-27-15-19-6-10-21(32-2)11-7-19/h4-14,17,28H,15-16H2,1-3H3. The predicted molar refractivity (Wildman–Crippen MR) is 131 cm³/mol. The molecule has 4 aromatic rings. The maximum atomic E-state index is 13.3. The zero-order valence-corrected chi connectivity index (χ0v) is 18.9. The lowest BCUT2D eigenvalue weighted by Crippen LogP contribution is -2.23. The van der Waals surface area contributed by atoms with Gasteiger partial charge in [-0.2, -0.15) is 0 Å². The Morgan fingerprint density at radius 1 is 0.970 bits per heavy atom. The Kier molecular flexibility index (Phi) is 6.69. The van der Waals surface area contributed by atoms with E-state index in [1.165, 1.54) is 0 Å². The van der Waals surface area contributed by atoms with Crippen molar-refractivity contribution in [2.75, 3.05) is 19.5 Å². The summed E-state index contributed by atoms with van der Waals surface area (Å²) in [7, 11) is 3.27. The van der Waals surface area contributed by atoms with Crippen LogP contribution in [0.15, 0.2) is 76.6 Å². The Hall–Kier alpha value is -4.13. The molecule has 0 spiro atoms. The molecule has 0 aliphatic rings. The summed E-state index contributed by atoms with van der Waals surface area (Å²) in [4.78, 5) is 22.6. The van der Waals surface area contributed by atoms with Gasteiger partial charge in [-0.3, -0.25) is 14.2 Å². The molecule has 0 aliphatic heterocycles. The van der Waals surface area contributed by atoms with E-state index in [0.29, 0.717) is 30.1 Å². The zero-order valence-electron chi connectivity index (χ0n) is 18.9. The van der Waals surface area contributed by atoms with Crippen molar-refractivity contribution in [1.82, 2.24) is 9.38 Å². The van der Waals surface area contributed by atoms with E-state index >= 15 is 0 Å². The summed E-state index contributed by atoms with van der Waals surface area (Å²) in [5, 5.41) is 3.32. The Balaban J connectivity index is 1.64. The minimum atomic E-state index is -0.167. The molecule has 1 N–H and O–H groups in total. The smallest absolute Gasteiger partial charge is 0.268 e. The van der Waals surface area contributed by atoms with Crippen LogP contribution < -0.4 is 20.3 Å². The van der Waals surface area contributed by atoms with Crippen LogP contribution in [0.2, 0.25) is 0 Å². The number of nitrogens with one attached hydrogen (secondary N) is 1. The second-order valence-corrected chi connectivity index (χ2v) is 7.58. The second-order valence-electron chi connectivity index (χ2n) is 7.58. The number of rotatable bonds is 8. The van der Waals surface area contributed by atoms with E-state index in [4.69, 9.17) is 14.5 Å². The fraction of sp³-hybridized carbons (Fsp3) is 0.192. The molecule has 0 saturated carbocycles. The number of ether oxygens (including phenoxy) is 2. The van der Waals surface area contributed by atoms with Crippen molar-refractivity contribution < 1.29 is 9.47 Å². The number of hydrogen-bond acceptors (Lipinski definition) is 6. The first-order valence-electron chi connectivity index (χ1n) is 10.6. The molecule has 2 aromatic carbocycles. The molecule has 7 nitrogen and oxygen atoms in total. The first-order valence-corrected chi connectivity index (χ1v) is 10.6. The average Bonchev–Trinajstić information content (AvgIpc) is 2.85. The van der Waals surface area contributed by atoms with E-state index in [-0.39, 0.29) is 5.56 Å². The van der Waals surface area contributed by atoms with Crippen LogP contribution >= 0.6 is 0 Å². The first-order chi connectivity index (χ1) is 16.1. The van der Waals surface area contributed by atoms with Crippen molar-refractivity contribution in [1.29, 1.82) is 0 Å². The van der Waals surface area contributed by atoms with Gasteiger partial charge in [-0.25, -0.2) is 4.98 Å². The molecule has 0 bridgehead atoms. The van der Waals surface area contributed by atoms with Crippen molar-refractivity contribution in [3.8, 4) is 11.5 Å². The van der Waals surface area contributed by atoms with Crippen molar-refractivity contribution >= 4 is 17.7 Å². The van der Waals surface area contributed by atoms with Gasteiger partial charge in [0.1, 0.15) is 28.5 Å². The summed E-state index contributed by atoms with van der Waals surface area (Å²) in [6.45, 7) is 2.89. The molecule has 0 fully saturated rings. The molecule has 0 saturated heterocycles. The lowest BCUT2D eigenvalue weighted by molar-refractivity contribution is 0.414. The largest absolute Gasteiger partial charge is 0.497 e. The molecule has 0 amide bonds. The highest BCUT2D eigenvalue weighted by atomic mass is 16.5. The fourth-order valence-corrected chi connectivity index (χ4v) is 3.47. The molecular formula is C26H26N4O3. The molecule has 7 heteroatoms. The predicted octanol–water partition coefficient (Wildman–Crippen LogP) is 4.25. The average molecular weight is 443 g/mol. The maximum Gasteiger partial charge on any atom is 0.268 e. The molecule has 33 heavy (non-hydrogen) atoms. The van der Waals surface area contributed by atoms with Gasteiger partial charge >= 0.3 is 0 Å². The lowest BCUT2D eigenvalue weighted by atomic mass is 10.2. The zero-order chi connectivity index (χ0) is 23.2. The highest BCUT2D eigenvalue weighted by Gasteiger charge is 2.12. The lowest BCUT2D eigenvalue weighted by Gasteiger charge is -2.12. The van der Waals surface area contributed by atoms with E-state index in [2.05, 4.69) is 10.3 Å². The first kappa shape index (κ1) is 22.1. The normalized spacial score (nSPS) is 11.1. The van der Waals surface area contributed by atoms with E-state index in [9.17, 15) is 4.79 Å². The second kappa shape index (κ2) is 9.99. The molecule has 4 rings (SSSR count). The molecule has 0 atom stereocenters. The van der Waals surface area contributed by atoms with Crippen molar-refractivity contribution in [2.45, 2.75) is 20.0 Å². The summed E-state index contributed by atoms with van der Waals surface area (Å²) < 4.78 is 12.0. The van der Waals surface area contributed by atoms with E-state index in [0.717, 1.165) is 28.2 Å². The van der Waals surface area contributed by atoms with Gasteiger partial charge in [0.15, 0.2) is 0 Å². The molecule has 0 radical (unpaired) electrons. The van der Waals surface area contributed by atoms with Crippen LogP contribution in [0.25, 0.3) is 5.65 Å². The topological polar surface area (TPSA) is 77.2 Å². The van der Waals surface area contributed by atoms with Gasteiger partial charge in [-0.15, -0.1) is 0 Å². The molecule has 0 unspecified atom stereocenters. The van der Waals surface area contributed by atoms with Crippen LogP contribution in [0.5, 0.6) is 11.5 Å². The maximum absolute atomic E-state index is 13.3. The number of aliphatic imine (C=N–C) groups is 1. The summed E-state index contributed by atoms with van der Waals surface area (Å²) in [6.07, 6.45) is 3.33. The third kappa shape index (κ3) is 5.03. The number of benzene rings is 2. The third-order valence-electron chi connectivity index (χ3n) is 5.36. The fourth-order valence-electron chi connectivity index (χ4n) is 3.47. The van der Waals surface area contributed by atoms with Crippen LogP contribution in [0.3, 0.4) is 0 Å². The highest BCUT2D eigenvalue weighted by molar-refractivity contribution is 5.86. The number of pyridine rings is 1. The Morgan fingerprint density at radius 2 is 1.61 bits per heavy atom. The third-order valence-corrected chi connectivity index (χ3v) is 5.36. The van der Waals surface area contributed by atoms with Crippen molar-refractivity contribution in [2.24, 2.45) is 4.99 Å². The van der Waals surface area contributed by atoms with Crippen LogP contribution in [0.1, 0.15) is 22.3 Å². The Morgan fingerprint density at radius 3 is 2.24 bits per heavy atom. The number of methoxy groups -OCH3 is 2. The Labute approximate surface area is 192 Å². The van der Waals surface area contributed by atoms with Crippen LogP contribution in [-0.2, 0) is 13.1 Å². The number of aryl methyl sites for hydroxylation is 1. The molecule has 2 heterocycles. The van der Waals surface area contributed by atoms with E-state index < -0.39 is 0 Å². The van der Waals surface area contributed by atoms with Gasteiger partial charge in [0.25, 0.3) is 5.56 Å². The molecule has 2 aromatic heterocycles. The highest BCUT2D eigenvalue weighted by Crippen LogP contribution is 2.16. The molecule has 168 valence electrons. The monoisotopic (exact) mass is 442 g/mol.